The van der Waals surface area contributed by atoms with Gasteiger partial charge in [0, 0.05) is 11.1 Å². The van der Waals surface area contributed by atoms with Crippen molar-refractivity contribution >= 4 is 23.6 Å². The number of carbonyl (C=O) groups is 1. The highest BCUT2D eigenvalue weighted by Gasteiger charge is 2.17. The molecule has 1 N–H and O–H groups in total. The second kappa shape index (κ2) is 7.12. The van der Waals surface area contributed by atoms with Crippen LogP contribution in [-0.2, 0) is 4.79 Å². The van der Waals surface area contributed by atoms with Crippen molar-refractivity contribution in [1.29, 1.82) is 5.26 Å². The van der Waals surface area contributed by atoms with E-state index in [1.807, 2.05) is 6.07 Å². The third kappa shape index (κ3) is 4.11. The number of benzene rings is 1. The summed E-state index contributed by atoms with van der Waals surface area (Å²) in [5, 5.41) is 12.7. The Morgan fingerprint density at radius 1 is 1.25 bits per heavy atom. The first-order valence-corrected chi connectivity index (χ1v) is 7.25. The van der Waals surface area contributed by atoms with Crippen LogP contribution in [0.4, 0.5) is 0 Å². The molecule has 4 heteroatoms. The Labute approximate surface area is 124 Å². The smallest absolute Gasteiger partial charge is 0.262 e. The van der Waals surface area contributed by atoms with Gasteiger partial charge in [0.1, 0.15) is 11.6 Å². The molecule has 104 valence electrons. The summed E-state index contributed by atoms with van der Waals surface area (Å²) in [6.45, 7) is 0. The maximum absolute atomic E-state index is 12.1. The van der Waals surface area contributed by atoms with Gasteiger partial charge in [-0.05, 0) is 36.6 Å². The molecule has 0 unspecified atom stereocenters. The lowest BCUT2D eigenvalue weighted by molar-refractivity contribution is -0.117. The van der Waals surface area contributed by atoms with Gasteiger partial charge in [-0.2, -0.15) is 5.26 Å². The molecule has 1 aromatic rings. The van der Waals surface area contributed by atoms with E-state index in [-0.39, 0.29) is 17.5 Å². The molecule has 3 nitrogen and oxygen atoms in total. The molecular weight excluding hydrogens is 272 g/mol. The Hall–Kier alpha value is -1.79. The van der Waals surface area contributed by atoms with E-state index in [2.05, 4.69) is 5.32 Å². The van der Waals surface area contributed by atoms with Crippen molar-refractivity contribution in [2.75, 3.05) is 0 Å². The van der Waals surface area contributed by atoms with Crippen molar-refractivity contribution in [2.24, 2.45) is 0 Å². The number of rotatable bonds is 3. The highest BCUT2D eigenvalue weighted by molar-refractivity contribution is 6.30. The van der Waals surface area contributed by atoms with Gasteiger partial charge in [-0.3, -0.25) is 4.79 Å². The van der Waals surface area contributed by atoms with Crippen LogP contribution in [0.2, 0.25) is 5.02 Å². The van der Waals surface area contributed by atoms with E-state index in [1.54, 1.807) is 30.3 Å². The number of hydrogen-bond donors (Lipinski definition) is 1. The maximum atomic E-state index is 12.1. The van der Waals surface area contributed by atoms with Crippen LogP contribution in [0, 0.1) is 11.3 Å². The van der Waals surface area contributed by atoms with Crippen LogP contribution < -0.4 is 5.32 Å². The molecule has 20 heavy (non-hydrogen) atoms. The Bertz CT molecular complexity index is 537. The minimum atomic E-state index is -0.283. The van der Waals surface area contributed by atoms with Gasteiger partial charge in [-0.25, -0.2) is 0 Å². The predicted octanol–water partition coefficient (Wildman–Crippen LogP) is 3.70. The van der Waals surface area contributed by atoms with Crippen molar-refractivity contribution in [1.82, 2.24) is 5.32 Å². The first-order valence-electron chi connectivity index (χ1n) is 6.87. The monoisotopic (exact) mass is 288 g/mol. The topological polar surface area (TPSA) is 52.9 Å². The zero-order valence-electron chi connectivity index (χ0n) is 11.2. The first-order chi connectivity index (χ1) is 9.69. The predicted molar refractivity (Wildman–Crippen MR) is 80.1 cm³/mol. The minimum Gasteiger partial charge on any atom is -0.349 e. The quantitative estimate of drug-likeness (QED) is 0.681. The van der Waals surface area contributed by atoms with Crippen molar-refractivity contribution in [2.45, 2.75) is 38.1 Å². The average molecular weight is 289 g/mol. The summed E-state index contributed by atoms with van der Waals surface area (Å²) in [5.74, 6) is -0.283. The lowest BCUT2D eigenvalue weighted by Gasteiger charge is -2.22. The number of nitrogens with one attached hydrogen (secondary N) is 1. The van der Waals surface area contributed by atoms with Gasteiger partial charge in [-0.1, -0.05) is 43.0 Å². The Morgan fingerprint density at radius 2 is 1.90 bits per heavy atom. The lowest BCUT2D eigenvalue weighted by Crippen LogP contribution is -2.36. The number of amides is 1. The van der Waals surface area contributed by atoms with Crippen LogP contribution >= 0.6 is 11.6 Å². The molecule has 0 heterocycles. The van der Waals surface area contributed by atoms with Crippen LogP contribution in [0.15, 0.2) is 29.8 Å². The van der Waals surface area contributed by atoms with E-state index in [1.165, 1.54) is 6.42 Å². The number of nitrogens with zero attached hydrogens (tertiary/aromatic N) is 1. The molecule has 0 aromatic heterocycles. The van der Waals surface area contributed by atoms with Crippen LogP contribution in [0.5, 0.6) is 0 Å². The van der Waals surface area contributed by atoms with Gasteiger partial charge in [0.05, 0.1) is 0 Å². The van der Waals surface area contributed by atoms with Crippen molar-refractivity contribution in [3.63, 3.8) is 0 Å². The molecule has 1 saturated carbocycles. The van der Waals surface area contributed by atoms with E-state index in [9.17, 15) is 4.79 Å². The third-order valence-corrected chi connectivity index (χ3v) is 3.74. The van der Waals surface area contributed by atoms with Gasteiger partial charge in [-0.15, -0.1) is 0 Å². The standard InChI is InChI=1S/C16H17ClN2O/c17-14-8-6-12(7-9-14)10-13(11-18)16(20)19-15-4-2-1-3-5-15/h6-10,15H,1-5H2,(H,19,20)/b13-10+. The van der Waals surface area contributed by atoms with Gasteiger partial charge in [0.2, 0.25) is 0 Å². The number of hydrogen-bond acceptors (Lipinski definition) is 2. The van der Waals surface area contributed by atoms with Gasteiger partial charge in [0.25, 0.3) is 5.91 Å². The molecule has 0 radical (unpaired) electrons. The molecule has 1 aliphatic rings. The molecule has 1 aromatic carbocycles. The Kier molecular flexibility index (Phi) is 5.20. The first kappa shape index (κ1) is 14.6. The van der Waals surface area contributed by atoms with E-state index in [4.69, 9.17) is 16.9 Å². The van der Waals surface area contributed by atoms with Crippen molar-refractivity contribution < 1.29 is 4.79 Å². The van der Waals surface area contributed by atoms with E-state index in [0.29, 0.717) is 5.02 Å². The highest BCUT2D eigenvalue weighted by Crippen LogP contribution is 2.18. The summed E-state index contributed by atoms with van der Waals surface area (Å²) in [4.78, 5) is 12.1. The largest absolute Gasteiger partial charge is 0.349 e. The SMILES string of the molecule is N#C/C(=C\c1ccc(Cl)cc1)C(=O)NC1CCCCC1. The Morgan fingerprint density at radius 3 is 2.50 bits per heavy atom. The molecule has 1 aliphatic carbocycles. The molecular formula is C16H17ClN2O. The minimum absolute atomic E-state index is 0.137. The molecule has 2 rings (SSSR count). The van der Waals surface area contributed by atoms with Gasteiger partial charge >= 0.3 is 0 Å². The van der Waals surface area contributed by atoms with Crippen LogP contribution in [-0.4, -0.2) is 11.9 Å². The Balaban J connectivity index is 2.05. The molecule has 0 saturated heterocycles. The summed E-state index contributed by atoms with van der Waals surface area (Å²) < 4.78 is 0. The fourth-order valence-corrected chi connectivity index (χ4v) is 2.51. The summed E-state index contributed by atoms with van der Waals surface area (Å²) in [6, 6.07) is 9.22. The number of halogens is 1. The van der Waals surface area contributed by atoms with Gasteiger partial charge in [0.15, 0.2) is 0 Å². The van der Waals surface area contributed by atoms with E-state index >= 15 is 0 Å². The summed E-state index contributed by atoms with van der Waals surface area (Å²) in [7, 11) is 0. The summed E-state index contributed by atoms with van der Waals surface area (Å²) in [6.07, 6.45) is 7.13. The summed E-state index contributed by atoms with van der Waals surface area (Å²) in [5.41, 5.74) is 0.933. The average Bonchev–Trinajstić information content (AvgIpc) is 2.47. The molecule has 0 atom stereocenters. The van der Waals surface area contributed by atoms with Crippen molar-refractivity contribution in [3.05, 3.63) is 40.4 Å². The maximum Gasteiger partial charge on any atom is 0.262 e. The molecule has 1 fully saturated rings. The van der Waals surface area contributed by atoms with E-state index < -0.39 is 0 Å². The molecule has 0 spiro atoms. The fourth-order valence-electron chi connectivity index (χ4n) is 2.38. The van der Waals surface area contributed by atoms with Crippen molar-refractivity contribution in [3.8, 4) is 6.07 Å². The fraction of sp³-hybridized carbons (Fsp3) is 0.375. The molecule has 0 bridgehead atoms. The lowest BCUT2D eigenvalue weighted by atomic mass is 9.95. The van der Waals surface area contributed by atoms with Crippen LogP contribution in [0.1, 0.15) is 37.7 Å². The van der Waals surface area contributed by atoms with Crippen LogP contribution in [0.25, 0.3) is 6.08 Å². The zero-order chi connectivity index (χ0) is 14.4. The molecule has 0 aliphatic heterocycles. The third-order valence-electron chi connectivity index (χ3n) is 3.49. The van der Waals surface area contributed by atoms with Crippen LogP contribution in [0.3, 0.4) is 0 Å². The van der Waals surface area contributed by atoms with E-state index in [0.717, 1.165) is 31.2 Å². The highest BCUT2D eigenvalue weighted by atomic mass is 35.5. The second-order valence-electron chi connectivity index (χ2n) is 5.03. The number of carbonyl (C=O) groups excluding carboxylic acids is 1. The molecule has 1 amide bonds. The van der Waals surface area contributed by atoms with Gasteiger partial charge < -0.3 is 5.32 Å². The second-order valence-corrected chi connectivity index (χ2v) is 5.47. The number of nitriles is 1. The zero-order valence-corrected chi connectivity index (χ0v) is 12.0. The normalized spacial score (nSPS) is 16.5. The summed E-state index contributed by atoms with van der Waals surface area (Å²) >= 11 is 5.81.